The Labute approximate surface area is 120 Å². The molecule has 20 heavy (non-hydrogen) atoms. The van der Waals surface area contributed by atoms with Crippen molar-refractivity contribution in [1.82, 2.24) is 0 Å². The maximum absolute atomic E-state index is 13.4. The Kier molecular flexibility index (Phi) is 6.28. The monoisotopic (exact) mass is 281 g/mol. The minimum Gasteiger partial charge on any atom is -0.409 e. The second kappa shape index (κ2) is 7.72. The van der Waals surface area contributed by atoms with Crippen molar-refractivity contribution in [2.75, 3.05) is 18.0 Å². The maximum atomic E-state index is 13.4. The van der Waals surface area contributed by atoms with Gasteiger partial charge in [0.2, 0.25) is 0 Å². The van der Waals surface area contributed by atoms with Crippen LogP contribution in [0.15, 0.2) is 23.4 Å². The first kappa shape index (κ1) is 16.3. The first-order chi connectivity index (χ1) is 9.57. The van der Waals surface area contributed by atoms with Crippen LogP contribution >= 0.6 is 0 Å². The van der Waals surface area contributed by atoms with E-state index < -0.39 is 5.82 Å². The number of nitrogens with zero attached hydrogens (tertiary/aromatic N) is 2. The Bertz CT molecular complexity index is 458. The van der Waals surface area contributed by atoms with Crippen LogP contribution in [0.5, 0.6) is 0 Å². The topological polar surface area (TPSA) is 61.8 Å². The van der Waals surface area contributed by atoms with E-state index in [1.54, 1.807) is 6.07 Å². The van der Waals surface area contributed by atoms with E-state index in [-0.39, 0.29) is 5.84 Å². The van der Waals surface area contributed by atoms with E-state index in [0.29, 0.717) is 11.5 Å². The summed E-state index contributed by atoms with van der Waals surface area (Å²) in [4.78, 5) is 2.14. The number of halogens is 1. The van der Waals surface area contributed by atoms with Gasteiger partial charge >= 0.3 is 0 Å². The Morgan fingerprint density at radius 3 is 2.50 bits per heavy atom. The van der Waals surface area contributed by atoms with Crippen LogP contribution in [-0.2, 0) is 0 Å². The molecule has 0 aliphatic rings. The zero-order valence-electron chi connectivity index (χ0n) is 12.4. The van der Waals surface area contributed by atoms with E-state index in [1.165, 1.54) is 12.1 Å². The second-order valence-corrected chi connectivity index (χ2v) is 4.87. The summed E-state index contributed by atoms with van der Waals surface area (Å²) in [5.74, 6) is 0.108. The molecule has 0 unspecified atom stereocenters. The third-order valence-corrected chi connectivity index (χ3v) is 3.70. The Morgan fingerprint density at radius 1 is 1.35 bits per heavy atom. The van der Waals surface area contributed by atoms with E-state index in [1.807, 2.05) is 6.92 Å². The van der Waals surface area contributed by atoms with Crippen LogP contribution in [0.3, 0.4) is 0 Å². The van der Waals surface area contributed by atoms with E-state index in [0.717, 1.165) is 31.6 Å². The van der Waals surface area contributed by atoms with Crippen molar-refractivity contribution in [1.29, 1.82) is 0 Å². The molecule has 0 fully saturated rings. The normalized spacial score (nSPS) is 11.9. The third-order valence-electron chi connectivity index (χ3n) is 3.70. The summed E-state index contributed by atoms with van der Waals surface area (Å²) in [5, 5.41) is 11.9. The molecule has 4 nitrogen and oxygen atoms in total. The van der Waals surface area contributed by atoms with Gasteiger partial charge in [0.1, 0.15) is 5.82 Å². The van der Waals surface area contributed by atoms with Gasteiger partial charge < -0.3 is 15.8 Å². The molecule has 0 heterocycles. The van der Waals surface area contributed by atoms with Gasteiger partial charge in [-0.3, -0.25) is 0 Å². The fourth-order valence-electron chi connectivity index (χ4n) is 2.30. The van der Waals surface area contributed by atoms with Crippen molar-refractivity contribution >= 4 is 11.5 Å². The van der Waals surface area contributed by atoms with Crippen LogP contribution in [0.1, 0.15) is 39.2 Å². The lowest BCUT2D eigenvalue weighted by atomic mass is 10.0. The molecule has 0 amide bonds. The number of nitrogens with two attached hydrogens (primary N) is 1. The molecule has 1 rings (SSSR count). The molecule has 3 N–H and O–H groups in total. The van der Waals surface area contributed by atoms with Crippen molar-refractivity contribution < 1.29 is 9.60 Å². The summed E-state index contributed by atoms with van der Waals surface area (Å²) in [5.41, 5.74) is 6.89. The molecule has 1 aromatic rings. The van der Waals surface area contributed by atoms with Crippen LogP contribution in [0.4, 0.5) is 10.1 Å². The van der Waals surface area contributed by atoms with E-state index in [9.17, 15) is 4.39 Å². The number of oxime groups is 1. The highest BCUT2D eigenvalue weighted by Crippen LogP contribution is 2.24. The maximum Gasteiger partial charge on any atom is 0.172 e. The van der Waals surface area contributed by atoms with E-state index in [4.69, 9.17) is 10.9 Å². The molecule has 0 aliphatic carbocycles. The Hall–Kier alpha value is -1.78. The van der Waals surface area contributed by atoms with E-state index in [2.05, 4.69) is 23.9 Å². The van der Waals surface area contributed by atoms with Gasteiger partial charge in [-0.15, -0.1) is 0 Å². The SMILES string of the molecule is CCC(CC)CN(CC)c1ccc(F)cc1C(N)=NO. The number of anilines is 1. The molecule has 0 aliphatic heterocycles. The van der Waals surface area contributed by atoms with Gasteiger partial charge in [0.05, 0.1) is 0 Å². The Morgan fingerprint density at radius 2 is 2.00 bits per heavy atom. The average molecular weight is 281 g/mol. The molecule has 5 heteroatoms. The van der Waals surface area contributed by atoms with Gasteiger partial charge in [-0.05, 0) is 31.0 Å². The van der Waals surface area contributed by atoms with Crippen molar-refractivity contribution in [2.24, 2.45) is 16.8 Å². The van der Waals surface area contributed by atoms with Gasteiger partial charge in [-0.2, -0.15) is 0 Å². The van der Waals surface area contributed by atoms with Crippen molar-refractivity contribution in [3.05, 3.63) is 29.6 Å². The van der Waals surface area contributed by atoms with E-state index >= 15 is 0 Å². The van der Waals surface area contributed by atoms with Gasteiger partial charge in [-0.1, -0.05) is 31.8 Å². The molecule has 0 atom stereocenters. The molecular weight excluding hydrogens is 257 g/mol. The highest BCUT2D eigenvalue weighted by atomic mass is 19.1. The van der Waals surface area contributed by atoms with Gasteiger partial charge in [0.25, 0.3) is 0 Å². The average Bonchev–Trinajstić information content (AvgIpc) is 2.48. The first-order valence-electron chi connectivity index (χ1n) is 7.09. The summed E-state index contributed by atoms with van der Waals surface area (Å²) < 4.78 is 13.4. The fraction of sp³-hybridized carbons (Fsp3) is 0.533. The number of hydrogen-bond acceptors (Lipinski definition) is 3. The molecule has 0 bridgehead atoms. The molecule has 0 aromatic heterocycles. The highest BCUT2D eigenvalue weighted by Gasteiger charge is 2.16. The number of amidine groups is 1. The van der Waals surface area contributed by atoms with Crippen LogP contribution in [0, 0.1) is 11.7 Å². The van der Waals surface area contributed by atoms with Gasteiger partial charge in [0.15, 0.2) is 5.84 Å². The molecule has 0 spiro atoms. The molecule has 0 saturated carbocycles. The summed E-state index contributed by atoms with van der Waals surface area (Å²) in [6.45, 7) is 8.03. The molecule has 112 valence electrons. The van der Waals surface area contributed by atoms with Gasteiger partial charge in [-0.25, -0.2) is 4.39 Å². The number of benzene rings is 1. The first-order valence-corrected chi connectivity index (χ1v) is 7.09. The predicted octanol–water partition coefficient (Wildman–Crippen LogP) is 3.18. The van der Waals surface area contributed by atoms with Crippen molar-refractivity contribution in [2.45, 2.75) is 33.6 Å². The Balaban J connectivity index is 3.14. The minimum absolute atomic E-state index is 0.0671. The highest BCUT2D eigenvalue weighted by molar-refractivity contribution is 6.02. The standard InChI is InChI=1S/C15H24FN3O/c1-4-11(5-2)10-19(6-3)14-8-7-12(16)9-13(14)15(17)18-20/h7-9,11,20H,4-6,10H2,1-3H3,(H2,17,18). The number of rotatable bonds is 7. The fourth-order valence-corrected chi connectivity index (χ4v) is 2.30. The second-order valence-electron chi connectivity index (χ2n) is 4.87. The molecular formula is C15H24FN3O. The quantitative estimate of drug-likeness (QED) is 0.349. The van der Waals surface area contributed by atoms with Crippen LogP contribution < -0.4 is 10.6 Å². The van der Waals surface area contributed by atoms with Gasteiger partial charge in [0, 0.05) is 24.3 Å². The molecule has 0 saturated heterocycles. The van der Waals surface area contributed by atoms with Crippen molar-refractivity contribution in [3.8, 4) is 0 Å². The lowest BCUT2D eigenvalue weighted by molar-refractivity contribution is 0.318. The lowest BCUT2D eigenvalue weighted by Crippen LogP contribution is -2.31. The third kappa shape index (κ3) is 3.85. The summed E-state index contributed by atoms with van der Waals surface area (Å²) in [7, 11) is 0. The zero-order valence-corrected chi connectivity index (χ0v) is 12.4. The molecule has 0 radical (unpaired) electrons. The molecule has 1 aromatic carbocycles. The largest absolute Gasteiger partial charge is 0.409 e. The van der Waals surface area contributed by atoms with Crippen molar-refractivity contribution in [3.63, 3.8) is 0 Å². The summed E-state index contributed by atoms with van der Waals surface area (Å²) in [6, 6.07) is 4.40. The minimum atomic E-state index is -0.395. The van der Waals surface area contributed by atoms with Crippen LogP contribution in [0.25, 0.3) is 0 Å². The lowest BCUT2D eigenvalue weighted by Gasteiger charge is -2.29. The van der Waals surface area contributed by atoms with Crippen LogP contribution in [-0.4, -0.2) is 24.1 Å². The number of hydrogen-bond donors (Lipinski definition) is 2. The summed E-state index contributed by atoms with van der Waals surface area (Å²) in [6.07, 6.45) is 2.18. The predicted molar refractivity (Wildman–Crippen MR) is 80.9 cm³/mol. The van der Waals surface area contributed by atoms with Crippen LogP contribution in [0.2, 0.25) is 0 Å². The zero-order chi connectivity index (χ0) is 15.1. The summed E-state index contributed by atoms with van der Waals surface area (Å²) >= 11 is 0. The smallest absolute Gasteiger partial charge is 0.172 e.